The Labute approximate surface area is 122 Å². The maximum Gasteiger partial charge on any atom is 0.0916 e. The molecule has 1 fully saturated rings. The van der Waals surface area contributed by atoms with Crippen LogP contribution in [0.2, 0.25) is 0 Å². The van der Waals surface area contributed by atoms with Crippen molar-refractivity contribution >= 4 is 0 Å². The molecule has 1 aliphatic carbocycles. The lowest BCUT2D eigenvalue weighted by Crippen LogP contribution is -2.28. The van der Waals surface area contributed by atoms with Crippen LogP contribution in [-0.4, -0.2) is 43.4 Å². The van der Waals surface area contributed by atoms with Crippen molar-refractivity contribution in [3.05, 3.63) is 34.9 Å². The van der Waals surface area contributed by atoms with Crippen LogP contribution in [0.3, 0.4) is 0 Å². The van der Waals surface area contributed by atoms with Crippen molar-refractivity contribution < 1.29 is 9.84 Å². The molecule has 1 aromatic carbocycles. The van der Waals surface area contributed by atoms with Crippen LogP contribution in [0.15, 0.2) is 18.2 Å². The Morgan fingerprint density at radius 2 is 2.05 bits per heavy atom. The third-order valence-electron chi connectivity index (χ3n) is 4.07. The molecule has 3 nitrogen and oxygen atoms in total. The number of aliphatic hydroxyl groups excluding tert-OH is 1. The first-order valence-electron chi connectivity index (χ1n) is 7.57. The standard InChI is InChI=1S/C17H27NO2/c1-13-4-7-16(10-14(13)2)17(19)11-18(3)8-9-20-12-15-5-6-15/h4,7,10,15,17,19H,5-6,8-9,11-12H2,1-3H3. The zero-order valence-corrected chi connectivity index (χ0v) is 12.9. The molecule has 0 bridgehead atoms. The zero-order chi connectivity index (χ0) is 14.5. The van der Waals surface area contributed by atoms with E-state index in [4.69, 9.17) is 4.74 Å². The highest BCUT2D eigenvalue weighted by molar-refractivity contribution is 5.31. The van der Waals surface area contributed by atoms with Gasteiger partial charge in [0.2, 0.25) is 0 Å². The molecule has 1 atom stereocenters. The van der Waals surface area contributed by atoms with E-state index in [-0.39, 0.29) is 0 Å². The molecule has 1 aromatic rings. The van der Waals surface area contributed by atoms with Gasteiger partial charge in [0.1, 0.15) is 0 Å². The fourth-order valence-corrected chi connectivity index (χ4v) is 2.22. The maximum atomic E-state index is 10.3. The molecular formula is C17H27NO2. The Hall–Kier alpha value is -0.900. The van der Waals surface area contributed by atoms with Gasteiger partial charge in [-0.25, -0.2) is 0 Å². The van der Waals surface area contributed by atoms with Gasteiger partial charge < -0.3 is 14.7 Å². The van der Waals surface area contributed by atoms with Gasteiger partial charge in [-0.05, 0) is 56.3 Å². The second kappa shape index (κ2) is 7.21. The van der Waals surface area contributed by atoms with E-state index in [9.17, 15) is 5.11 Å². The van der Waals surface area contributed by atoms with E-state index in [1.54, 1.807) is 0 Å². The van der Waals surface area contributed by atoms with Crippen LogP contribution in [0.4, 0.5) is 0 Å². The second-order valence-corrected chi connectivity index (χ2v) is 6.14. The van der Waals surface area contributed by atoms with Crippen molar-refractivity contribution in [1.29, 1.82) is 0 Å². The van der Waals surface area contributed by atoms with Crippen LogP contribution in [0.5, 0.6) is 0 Å². The van der Waals surface area contributed by atoms with Crippen LogP contribution in [0.25, 0.3) is 0 Å². The van der Waals surface area contributed by atoms with Gasteiger partial charge in [-0.2, -0.15) is 0 Å². The monoisotopic (exact) mass is 277 g/mol. The van der Waals surface area contributed by atoms with Gasteiger partial charge >= 0.3 is 0 Å². The molecule has 0 radical (unpaired) electrons. The summed E-state index contributed by atoms with van der Waals surface area (Å²) in [6.45, 7) is 7.36. The SMILES string of the molecule is Cc1ccc(C(O)CN(C)CCOCC2CC2)cc1C. The van der Waals surface area contributed by atoms with E-state index >= 15 is 0 Å². The molecule has 0 saturated heterocycles. The van der Waals surface area contributed by atoms with Gasteiger partial charge in [0.25, 0.3) is 0 Å². The van der Waals surface area contributed by atoms with Crippen LogP contribution >= 0.6 is 0 Å². The molecule has 1 N–H and O–H groups in total. The number of aryl methyl sites for hydroxylation is 2. The Kier molecular flexibility index (Phi) is 5.58. The van der Waals surface area contributed by atoms with Crippen molar-refractivity contribution in [2.24, 2.45) is 5.92 Å². The molecule has 1 unspecified atom stereocenters. The number of aliphatic hydroxyl groups is 1. The predicted octanol–water partition coefficient (Wildman–Crippen LogP) is 2.70. The summed E-state index contributed by atoms with van der Waals surface area (Å²) in [6.07, 6.45) is 2.24. The number of nitrogens with zero attached hydrogens (tertiary/aromatic N) is 1. The smallest absolute Gasteiger partial charge is 0.0916 e. The summed E-state index contributed by atoms with van der Waals surface area (Å²) in [7, 11) is 2.03. The number of benzene rings is 1. The average Bonchev–Trinajstić information content (AvgIpc) is 3.22. The highest BCUT2D eigenvalue weighted by atomic mass is 16.5. The fraction of sp³-hybridized carbons (Fsp3) is 0.647. The first-order chi connectivity index (χ1) is 9.56. The van der Waals surface area contributed by atoms with Gasteiger partial charge in [0.05, 0.1) is 12.7 Å². The molecule has 112 valence electrons. The van der Waals surface area contributed by atoms with Crippen molar-refractivity contribution in [1.82, 2.24) is 4.90 Å². The quantitative estimate of drug-likeness (QED) is 0.742. The van der Waals surface area contributed by atoms with Gasteiger partial charge in [0.15, 0.2) is 0 Å². The minimum Gasteiger partial charge on any atom is -0.387 e. The third kappa shape index (κ3) is 4.89. The topological polar surface area (TPSA) is 32.7 Å². The van der Waals surface area contributed by atoms with Crippen molar-refractivity contribution in [2.75, 3.05) is 33.4 Å². The van der Waals surface area contributed by atoms with Crippen LogP contribution in [0.1, 0.15) is 35.6 Å². The summed E-state index contributed by atoms with van der Waals surface area (Å²) >= 11 is 0. The lowest BCUT2D eigenvalue weighted by atomic mass is 10.0. The summed E-state index contributed by atoms with van der Waals surface area (Å²) in [5.41, 5.74) is 3.50. The first-order valence-corrected chi connectivity index (χ1v) is 7.57. The summed E-state index contributed by atoms with van der Waals surface area (Å²) in [4.78, 5) is 2.13. The van der Waals surface area contributed by atoms with Gasteiger partial charge in [-0.1, -0.05) is 18.2 Å². The number of ether oxygens (including phenoxy) is 1. The number of rotatable bonds is 8. The third-order valence-corrected chi connectivity index (χ3v) is 4.07. The summed E-state index contributed by atoms with van der Waals surface area (Å²) in [6, 6.07) is 6.18. The van der Waals surface area contributed by atoms with Gasteiger partial charge in [-0.15, -0.1) is 0 Å². The molecule has 1 saturated carbocycles. The average molecular weight is 277 g/mol. The molecule has 0 amide bonds. The lowest BCUT2D eigenvalue weighted by Gasteiger charge is -2.21. The Morgan fingerprint density at radius 1 is 1.30 bits per heavy atom. The fourth-order valence-electron chi connectivity index (χ4n) is 2.22. The van der Waals surface area contributed by atoms with E-state index in [0.29, 0.717) is 6.54 Å². The Balaban J connectivity index is 1.71. The summed E-state index contributed by atoms with van der Waals surface area (Å²) < 4.78 is 5.63. The second-order valence-electron chi connectivity index (χ2n) is 6.14. The van der Waals surface area contributed by atoms with Crippen molar-refractivity contribution in [3.8, 4) is 0 Å². The largest absolute Gasteiger partial charge is 0.387 e. The molecular weight excluding hydrogens is 250 g/mol. The summed E-state index contributed by atoms with van der Waals surface area (Å²) in [5, 5.41) is 10.3. The molecule has 1 aliphatic rings. The summed E-state index contributed by atoms with van der Waals surface area (Å²) in [5.74, 6) is 0.821. The highest BCUT2D eigenvalue weighted by Crippen LogP contribution is 2.28. The molecule has 0 aromatic heterocycles. The van der Waals surface area contributed by atoms with Crippen LogP contribution < -0.4 is 0 Å². The minimum absolute atomic E-state index is 0.428. The van der Waals surface area contributed by atoms with Crippen LogP contribution in [-0.2, 0) is 4.74 Å². The highest BCUT2D eigenvalue weighted by Gasteiger charge is 2.21. The number of likely N-dealkylation sites (N-methyl/N-ethyl adjacent to an activating group) is 1. The number of hydrogen-bond donors (Lipinski definition) is 1. The molecule has 3 heteroatoms. The Morgan fingerprint density at radius 3 is 2.70 bits per heavy atom. The Bertz CT molecular complexity index is 429. The molecule has 0 heterocycles. The zero-order valence-electron chi connectivity index (χ0n) is 12.9. The van der Waals surface area contributed by atoms with Crippen molar-refractivity contribution in [3.63, 3.8) is 0 Å². The maximum absolute atomic E-state index is 10.3. The van der Waals surface area contributed by atoms with Gasteiger partial charge in [-0.3, -0.25) is 0 Å². The molecule has 2 rings (SSSR count). The van der Waals surface area contributed by atoms with E-state index in [1.807, 2.05) is 13.1 Å². The van der Waals surface area contributed by atoms with E-state index < -0.39 is 6.10 Å². The predicted molar refractivity (Wildman–Crippen MR) is 81.9 cm³/mol. The van der Waals surface area contributed by atoms with Crippen molar-refractivity contribution in [2.45, 2.75) is 32.8 Å². The number of hydrogen-bond acceptors (Lipinski definition) is 3. The first kappa shape index (κ1) is 15.5. The van der Waals surface area contributed by atoms with E-state index in [1.165, 1.54) is 24.0 Å². The minimum atomic E-state index is -0.428. The van der Waals surface area contributed by atoms with E-state index in [0.717, 1.165) is 31.2 Å². The lowest BCUT2D eigenvalue weighted by molar-refractivity contribution is 0.0794. The molecule has 0 spiro atoms. The molecule has 0 aliphatic heterocycles. The van der Waals surface area contributed by atoms with Crippen LogP contribution in [0, 0.1) is 19.8 Å². The van der Waals surface area contributed by atoms with Gasteiger partial charge in [0, 0.05) is 19.7 Å². The molecule has 20 heavy (non-hydrogen) atoms. The van der Waals surface area contributed by atoms with E-state index in [2.05, 4.69) is 30.9 Å². The normalized spacial score (nSPS) is 16.6.